The number of unbranched alkanes of at least 4 members (excludes halogenated alkanes) is 1. The van der Waals surface area contributed by atoms with Crippen molar-refractivity contribution in [3.05, 3.63) is 57.1 Å². The fourth-order valence-electron chi connectivity index (χ4n) is 2.51. The summed E-state index contributed by atoms with van der Waals surface area (Å²) in [6, 6.07) is 9.32. The van der Waals surface area contributed by atoms with Gasteiger partial charge in [-0.2, -0.15) is 0 Å². The van der Waals surface area contributed by atoms with Crippen LogP contribution in [0.15, 0.2) is 30.3 Å². The predicted molar refractivity (Wildman–Crippen MR) is 107 cm³/mol. The second-order valence-electron chi connectivity index (χ2n) is 6.05. The molecule has 2 aromatic carbocycles. The Morgan fingerprint density at radius 1 is 1.12 bits per heavy atom. The molecule has 0 amide bonds. The molecule has 4 nitrogen and oxygen atoms in total. The second kappa shape index (κ2) is 9.70. The molecule has 26 heavy (non-hydrogen) atoms. The zero-order chi connectivity index (χ0) is 19.1. The molecule has 2 rings (SSSR count). The smallest absolute Gasteiger partial charge is 0.340 e. The number of aryl methyl sites for hydroxylation is 2. The number of hydrogen-bond donors (Lipinski definition) is 1. The van der Waals surface area contributed by atoms with Crippen LogP contribution in [-0.4, -0.2) is 26.2 Å². The molecular weight excluding hydrogens is 373 g/mol. The first kappa shape index (κ1) is 20.4. The lowest BCUT2D eigenvalue weighted by Gasteiger charge is -2.14. The minimum absolute atomic E-state index is 0.330. The molecule has 1 N–H and O–H groups in total. The molecule has 0 heterocycles. The number of halogens is 2. The van der Waals surface area contributed by atoms with Crippen LogP contribution in [0.5, 0.6) is 5.75 Å². The highest BCUT2D eigenvalue weighted by Crippen LogP contribution is 2.30. The second-order valence-corrected chi connectivity index (χ2v) is 6.90. The van der Waals surface area contributed by atoms with Crippen molar-refractivity contribution in [2.45, 2.75) is 26.7 Å². The number of carbonyl (C=O) groups excluding carboxylic acids is 1. The van der Waals surface area contributed by atoms with Crippen molar-refractivity contribution in [1.82, 2.24) is 0 Å². The van der Waals surface area contributed by atoms with Crippen LogP contribution >= 0.6 is 23.2 Å². The van der Waals surface area contributed by atoms with E-state index in [9.17, 15) is 4.79 Å². The first-order valence-corrected chi connectivity index (χ1v) is 9.19. The van der Waals surface area contributed by atoms with Crippen LogP contribution in [0.4, 0.5) is 5.69 Å². The van der Waals surface area contributed by atoms with Crippen molar-refractivity contribution in [3.63, 3.8) is 0 Å². The number of carbonyl (C=O) groups is 1. The maximum Gasteiger partial charge on any atom is 0.340 e. The van der Waals surface area contributed by atoms with Crippen LogP contribution in [0.3, 0.4) is 0 Å². The number of anilines is 1. The van der Waals surface area contributed by atoms with Gasteiger partial charge in [-0.15, -0.1) is 0 Å². The number of nitrogens with one attached hydrogen (secondary N) is 1. The van der Waals surface area contributed by atoms with E-state index in [1.54, 1.807) is 12.1 Å². The minimum Gasteiger partial charge on any atom is -0.493 e. The quantitative estimate of drug-likeness (QED) is 0.462. The van der Waals surface area contributed by atoms with E-state index in [1.807, 2.05) is 19.9 Å². The molecule has 0 saturated heterocycles. The summed E-state index contributed by atoms with van der Waals surface area (Å²) in [5.41, 5.74) is 3.18. The van der Waals surface area contributed by atoms with Crippen LogP contribution in [0.2, 0.25) is 10.0 Å². The van der Waals surface area contributed by atoms with Crippen LogP contribution in [0.25, 0.3) is 0 Å². The highest BCUT2D eigenvalue weighted by atomic mass is 35.5. The van der Waals surface area contributed by atoms with Crippen LogP contribution in [0, 0.1) is 13.8 Å². The molecule has 0 fully saturated rings. The Labute approximate surface area is 164 Å². The number of rotatable bonds is 8. The Morgan fingerprint density at radius 2 is 1.88 bits per heavy atom. The molecule has 6 heteroatoms. The summed E-state index contributed by atoms with van der Waals surface area (Å²) in [5, 5.41) is 3.98. The number of esters is 1. The van der Waals surface area contributed by atoms with E-state index in [1.165, 1.54) is 12.7 Å². The topological polar surface area (TPSA) is 47.6 Å². The predicted octanol–water partition coefficient (Wildman–Crippen LogP) is 5.67. The SMILES string of the molecule is COC(=O)c1cc(Cl)cc(Cl)c1NCCCCOc1cc(C)ccc1C. The summed E-state index contributed by atoms with van der Waals surface area (Å²) < 4.78 is 10.6. The van der Waals surface area contributed by atoms with Crippen molar-refractivity contribution in [1.29, 1.82) is 0 Å². The molecule has 0 aromatic heterocycles. The molecule has 0 atom stereocenters. The Balaban J connectivity index is 1.85. The van der Waals surface area contributed by atoms with Crippen LogP contribution in [0.1, 0.15) is 34.3 Å². The maximum atomic E-state index is 11.9. The summed E-state index contributed by atoms with van der Waals surface area (Å²) in [5.74, 6) is 0.446. The molecule has 140 valence electrons. The Hall–Kier alpha value is -1.91. The van der Waals surface area contributed by atoms with Crippen molar-refractivity contribution < 1.29 is 14.3 Å². The van der Waals surface area contributed by atoms with Crippen LogP contribution < -0.4 is 10.1 Å². The molecule has 0 aliphatic rings. The molecular formula is C20H23Cl2NO3. The van der Waals surface area contributed by atoms with Crippen molar-refractivity contribution in [2.75, 3.05) is 25.6 Å². The number of methoxy groups -OCH3 is 1. The fourth-order valence-corrected chi connectivity index (χ4v) is 3.07. The standard InChI is InChI=1S/C20H23Cl2NO3/c1-13-6-7-14(2)18(10-13)26-9-5-4-8-23-19-16(20(24)25-3)11-15(21)12-17(19)22/h6-7,10-12,23H,4-5,8-9H2,1-3H3. The monoisotopic (exact) mass is 395 g/mol. The molecule has 0 aliphatic heterocycles. The first-order chi connectivity index (χ1) is 12.4. The van der Waals surface area contributed by atoms with Gasteiger partial charge in [-0.3, -0.25) is 0 Å². The van der Waals surface area contributed by atoms with Gasteiger partial charge in [-0.25, -0.2) is 4.79 Å². The molecule has 2 aromatic rings. The van der Waals surface area contributed by atoms with Crippen molar-refractivity contribution in [2.24, 2.45) is 0 Å². The Morgan fingerprint density at radius 3 is 2.62 bits per heavy atom. The molecule has 0 aliphatic carbocycles. The van der Waals surface area contributed by atoms with E-state index < -0.39 is 5.97 Å². The maximum absolute atomic E-state index is 11.9. The number of benzene rings is 2. The first-order valence-electron chi connectivity index (χ1n) is 8.43. The van der Waals surface area contributed by atoms with Gasteiger partial charge < -0.3 is 14.8 Å². The van der Waals surface area contributed by atoms with E-state index in [2.05, 4.69) is 17.4 Å². The number of ether oxygens (including phenoxy) is 2. The van der Waals surface area contributed by atoms with Crippen molar-refractivity contribution >= 4 is 34.9 Å². The normalized spacial score (nSPS) is 10.5. The number of hydrogen-bond acceptors (Lipinski definition) is 4. The van der Waals surface area contributed by atoms with Gasteiger partial charge in [-0.05, 0) is 56.0 Å². The van der Waals surface area contributed by atoms with Gasteiger partial charge in [0, 0.05) is 11.6 Å². The third kappa shape index (κ3) is 5.55. The van der Waals surface area contributed by atoms with E-state index in [0.29, 0.717) is 34.4 Å². The van der Waals surface area contributed by atoms with E-state index in [4.69, 9.17) is 32.7 Å². The average Bonchev–Trinajstić information content (AvgIpc) is 2.61. The summed E-state index contributed by atoms with van der Waals surface area (Å²) in [4.78, 5) is 11.9. The minimum atomic E-state index is -0.477. The molecule has 0 radical (unpaired) electrons. The summed E-state index contributed by atoms with van der Waals surface area (Å²) in [6.45, 7) is 5.36. The third-order valence-electron chi connectivity index (χ3n) is 3.93. The average molecular weight is 396 g/mol. The Bertz CT molecular complexity index is 778. The van der Waals surface area contributed by atoms with Crippen molar-refractivity contribution in [3.8, 4) is 5.75 Å². The molecule has 0 unspecified atom stereocenters. The highest BCUT2D eigenvalue weighted by Gasteiger charge is 2.16. The molecule has 0 bridgehead atoms. The fraction of sp³-hybridized carbons (Fsp3) is 0.350. The van der Waals surface area contributed by atoms with Gasteiger partial charge in [0.15, 0.2) is 0 Å². The lowest BCUT2D eigenvalue weighted by atomic mass is 10.1. The van der Waals surface area contributed by atoms with E-state index in [-0.39, 0.29) is 0 Å². The summed E-state index contributed by atoms with van der Waals surface area (Å²) in [6.07, 6.45) is 1.74. The van der Waals surface area contributed by atoms with Gasteiger partial charge in [0.1, 0.15) is 5.75 Å². The third-order valence-corrected chi connectivity index (χ3v) is 4.45. The van der Waals surface area contributed by atoms with E-state index in [0.717, 1.165) is 24.2 Å². The Kier molecular flexibility index (Phi) is 7.61. The van der Waals surface area contributed by atoms with Gasteiger partial charge >= 0.3 is 5.97 Å². The molecule has 0 saturated carbocycles. The zero-order valence-electron chi connectivity index (χ0n) is 15.2. The lowest BCUT2D eigenvalue weighted by molar-refractivity contribution is 0.0602. The van der Waals surface area contributed by atoms with Gasteiger partial charge in [0.05, 0.1) is 30.0 Å². The molecule has 0 spiro atoms. The highest BCUT2D eigenvalue weighted by molar-refractivity contribution is 6.37. The summed E-state index contributed by atoms with van der Waals surface area (Å²) in [7, 11) is 1.32. The zero-order valence-corrected chi connectivity index (χ0v) is 16.7. The van der Waals surface area contributed by atoms with Gasteiger partial charge in [-0.1, -0.05) is 35.3 Å². The lowest BCUT2D eigenvalue weighted by Crippen LogP contribution is -2.11. The summed E-state index contributed by atoms with van der Waals surface area (Å²) >= 11 is 12.2. The van der Waals surface area contributed by atoms with Gasteiger partial charge in [0.2, 0.25) is 0 Å². The van der Waals surface area contributed by atoms with Gasteiger partial charge in [0.25, 0.3) is 0 Å². The largest absolute Gasteiger partial charge is 0.493 e. The van der Waals surface area contributed by atoms with E-state index >= 15 is 0 Å². The van der Waals surface area contributed by atoms with Crippen LogP contribution in [-0.2, 0) is 4.74 Å².